The van der Waals surface area contributed by atoms with E-state index in [-0.39, 0.29) is 0 Å². The van der Waals surface area contributed by atoms with Crippen LogP contribution in [0.2, 0.25) is 0 Å². The largest absolute Gasteiger partial charge is 0.314 e. The quantitative estimate of drug-likeness (QED) is 0.693. The summed E-state index contributed by atoms with van der Waals surface area (Å²) in [6.45, 7) is 6.23. The van der Waals surface area contributed by atoms with Gasteiger partial charge >= 0.3 is 0 Å². The van der Waals surface area contributed by atoms with Gasteiger partial charge in [0.05, 0.1) is 0 Å². The van der Waals surface area contributed by atoms with E-state index in [1.54, 1.807) is 0 Å². The molecule has 2 aliphatic rings. The minimum absolute atomic E-state index is 0.768. The van der Waals surface area contributed by atoms with Crippen molar-refractivity contribution in [2.24, 2.45) is 11.8 Å². The Kier molecular flexibility index (Phi) is 2.89. The summed E-state index contributed by atoms with van der Waals surface area (Å²) in [6, 6.07) is 0.768. The average Bonchev–Trinajstić information content (AvgIpc) is 2.62. The first kappa shape index (κ1) is 9.47. The molecule has 3 unspecified atom stereocenters. The maximum Gasteiger partial charge on any atom is 0.00419 e. The van der Waals surface area contributed by atoms with E-state index in [0.29, 0.717) is 0 Å². The summed E-state index contributed by atoms with van der Waals surface area (Å²) >= 11 is 0. The highest BCUT2D eigenvalue weighted by atomic mass is 15.1. The van der Waals surface area contributed by atoms with Crippen LogP contribution in [0.1, 0.15) is 26.2 Å². The van der Waals surface area contributed by atoms with Crippen molar-refractivity contribution in [1.29, 1.82) is 0 Å². The molecule has 0 bridgehead atoms. The highest BCUT2D eigenvalue weighted by molar-refractivity contribution is 4.83. The molecule has 0 aliphatic carbocycles. The molecule has 2 saturated heterocycles. The highest BCUT2D eigenvalue weighted by Crippen LogP contribution is 2.27. The van der Waals surface area contributed by atoms with Gasteiger partial charge in [0.1, 0.15) is 0 Å². The van der Waals surface area contributed by atoms with E-state index in [4.69, 9.17) is 0 Å². The summed E-state index contributed by atoms with van der Waals surface area (Å²) in [4.78, 5) is 2.47. The van der Waals surface area contributed by atoms with Gasteiger partial charge in [-0.2, -0.15) is 0 Å². The Balaban J connectivity index is 1.72. The first-order chi connectivity index (χ1) is 6.24. The lowest BCUT2D eigenvalue weighted by molar-refractivity contribution is 0.356. The molecule has 0 saturated carbocycles. The fourth-order valence-corrected chi connectivity index (χ4v) is 2.90. The molecule has 76 valence electrons. The second kappa shape index (κ2) is 3.97. The van der Waals surface area contributed by atoms with Gasteiger partial charge in [-0.05, 0) is 58.2 Å². The summed E-state index contributed by atoms with van der Waals surface area (Å²) in [5, 5.41) is 3.54. The summed E-state index contributed by atoms with van der Waals surface area (Å²) in [7, 11) is 2.25. The van der Waals surface area contributed by atoms with Crippen molar-refractivity contribution >= 4 is 0 Å². The Morgan fingerprint density at radius 2 is 2.23 bits per heavy atom. The molecule has 0 aromatic rings. The van der Waals surface area contributed by atoms with E-state index in [2.05, 4.69) is 24.2 Å². The lowest BCUT2D eigenvalue weighted by Crippen LogP contribution is -2.18. The molecule has 0 spiro atoms. The molecule has 0 aromatic heterocycles. The molecule has 0 aromatic carbocycles. The van der Waals surface area contributed by atoms with Gasteiger partial charge in [0.15, 0.2) is 0 Å². The predicted octanol–water partition coefficient (Wildman–Crippen LogP) is 1.33. The number of likely N-dealkylation sites (tertiary alicyclic amines) is 1. The standard InChI is InChI=1S/C11H22N2/c1-9-5-11(7-12-9)6-10-3-4-13(2)8-10/h9-12H,3-8H2,1-2H3. The van der Waals surface area contributed by atoms with E-state index < -0.39 is 0 Å². The van der Waals surface area contributed by atoms with Crippen LogP contribution in [-0.4, -0.2) is 37.6 Å². The second-order valence-corrected chi connectivity index (χ2v) is 5.06. The van der Waals surface area contributed by atoms with Gasteiger partial charge in [-0.15, -0.1) is 0 Å². The van der Waals surface area contributed by atoms with Crippen LogP contribution in [-0.2, 0) is 0 Å². The van der Waals surface area contributed by atoms with E-state index in [9.17, 15) is 0 Å². The molecular formula is C11H22N2. The van der Waals surface area contributed by atoms with Crippen LogP contribution in [0.4, 0.5) is 0 Å². The highest BCUT2D eigenvalue weighted by Gasteiger charge is 2.26. The number of nitrogens with zero attached hydrogens (tertiary/aromatic N) is 1. The minimum atomic E-state index is 0.768. The third kappa shape index (κ3) is 2.44. The van der Waals surface area contributed by atoms with E-state index in [1.807, 2.05) is 0 Å². The van der Waals surface area contributed by atoms with Crippen molar-refractivity contribution < 1.29 is 0 Å². The van der Waals surface area contributed by atoms with Crippen molar-refractivity contribution in [2.45, 2.75) is 32.2 Å². The fraction of sp³-hybridized carbons (Fsp3) is 1.00. The average molecular weight is 182 g/mol. The normalized spacial score (nSPS) is 41.5. The number of rotatable bonds is 2. The van der Waals surface area contributed by atoms with Crippen molar-refractivity contribution in [2.75, 3.05) is 26.7 Å². The second-order valence-electron chi connectivity index (χ2n) is 5.06. The van der Waals surface area contributed by atoms with E-state index in [1.165, 1.54) is 38.9 Å². The minimum Gasteiger partial charge on any atom is -0.314 e. The van der Waals surface area contributed by atoms with Crippen molar-refractivity contribution in [1.82, 2.24) is 10.2 Å². The third-order valence-corrected chi connectivity index (χ3v) is 3.60. The molecule has 2 nitrogen and oxygen atoms in total. The summed E-state index contributed by atoms with van der Waals surface area (Å²) in [5.74, 6) is 1.95. The lowest BCUT2D eigenvalue weighted by Gasteiger charge is -2.14. The first-order valence-corrected chi connectivity index (χ1v) is 5.66. The molecule has 2 heteroatoms. The Labute approximate surface area is 81.7 Å². The van der Waals surface area contributed by atoms with Crippen LogP contribution in [0.25, 0.3) is 0 Å². The predicted molar refractivity (Wildman–Crippen MR) is 55.8 cm³/mol. The monoisotopic (exact) mass is 182 g/mol. The van der Waals surface area contributed by atoms with Gasteiger partial charge in [0, 0.05) is 12.6 Å². The summed E-state index contributed by atoms with van der Waals surface area (Å²) in [5.41, 5.74) is 0. The van der Waals surface area contributed by atoms with Gasteiger partial charge in [-0.1, -0.05) is 0 Å². The van der Waals surface area contributed by atoms with E-state index >= 15 is 0 Å². The van der Waals surface area contributed by atoms with Crippen molar-refractivity contribution in [3.05, 3.63) is 0 Å². The van der Waals surface area contributed by atoms with E-state index in [0.717, 1.165) is 17.9 Å². The van der Waals surface area contributed by atoms with Gasteiger partial charge in [0.2, 0.25) is 0 Å². The zero-order chi connectivity index (χ0) is 9.26. The number of hydrogen-bond acceptors (Lipinski definition) is 2. The Bertz CT molecular complexity index is 151. The van der Waals surface area contributed by atoms with Crippen LogP contribution in [0.3, 0.4) is 0 Å². The third-order valence-electron chi connectivity index (χ3n) is 3.60. The lowest BCUT2D eigenvalue weighted by atomic mass is 9.92. The molecule has 2 rings (SSSR count). The Morgan fingerprint density at radius 1 is 1.38 bits per heavy atom. The van der Waals surface area contributed by atoms with Crippen molar-refractivity contribution in [3.8, 4) is 0 Å². The molecule has 2 heterocycles. The van der Waals surface area contributed by atoms with Crippen LogP contribution < -0.4 is 5.32 Å². The van der Waals surface area contributed by atoms with Crippen LogP contribution in [0.15, 0.2) is 0 Å². The van der Waals surface area contributed by atoms with Gasteiger partial charge < -0.3 is 10.2 Å². The first-order valence-electron chi connectivity index (χ1n) is 5.66. The molecular weight excluding hydrogens is 160 g/mol. The summed E-state index contributed by atoms with van der Waals surface area (Å²) < 4.78 is 0. The van der Waals surface area contributed by atoms with Gasteiger partial charge in [0.25, 0.3) is 0 Å². The van der Waals surface area contributed by atoms with Gasteiger partial charge in [-0.3, -0.25) is 0 Å². The van der Waals surface area contributed by atoms with Crippen molar-refractivity contribution in [3.63, 3.8) is 0 Å². The number of nitrogens with one attached hydrogen (secondary N) is 1. The zero-order valence-corrected chi connectivity index (χ0v) is 8.92. The number of hydrogen-bond donors (Lipinski definition) is 1. The van der Waals surface area contributed by atoms with Crippen LogP contribution >= 0.6 is 0 Å². The molecule has 3 atom stereocenters. The van der Waals surface area contributed by atoms with Crippen LogP contribution in [0.5, 0.6) is 0 Å². The maximum atomic E-state index is 3.54. The van der Waals surface area contributed by atoms with Crippen LogP contribution in [0, 0.1) is 11.8 Å². The topological polar surface area (TPSA) is 15.3 Å². The molecule has 0 radical (unpaired) electrons. The molecule has 0 amide bonds. The SMILES string of the molecule is CC1CC(CC2CCN(C)C2)CN1. The van der Waals surface area contributed by atoms with Gasteiger partial charge in [-0.25, -0.2) is 0 Å². The smallest absolute Gasteiger partial charge is 0.00419 e. The Hall–Kier alpha value is -0.0800. The molecule has 1 N–H and O–H groups in total. The Morgan fingerprint density at radius 3 is 2.77 bits per heavy atom. The molecule has 2 fully saturated rings. The fourth-order valence-electron chi connectivity index (χ4n) is 2.90. The molecule has 13 heavy (non-hydrogen) atoms. The zero-order valence-electron chi connectivity index (χ0n) is 8.92. The maximum absolute atomic E-state index is 3.54. The molecule has 2 aliphatic heterocycles. The summed E-state index contributed by atoms with van der Waals surface area (Å²) in [6.07, 6.45) is 4.29.